The van der Waals surface area contributed by atoms with Gasteiger partial charge in [-0.05, 0) is 57.3 Å². The molecule has 0 aliphatic rings. The number of halogens is 2. The summed E-state index contributed by atoms with van der Waals surface area (Å²) in [6, 6.07) is 2.71. The second-order valence-corrected chi connectivity index (χ2v) is 4.75. The monoisotopic (exact) mass is 418 g/mol. The van der Waals surface area contributed by atoms with E-state index in [9.17, 15) is 9.59 Å². The largest absolute Gasteiger partial charge is 0.478 e. The molecule has 0 radical (unpaired) electrons. The maximum Gasteiger partial charge on any atom is 0.336 e. The lowest BCUT2D eigenvalue weighted by Crippen LogP contribution is -2.06. The Morgan fingerprint density at radius 1 is 0.929 bits per heavy atom. The molecule has 74 valence electrons. The minimum atomic E-state index is -1.05. The van der Waals surface area contributed by atoms with Gasteiger partial charge in [-0.15, -0.1) is 0 Å². The summed E-state index contributed by atoms with van der Waals surface area (Å²) < 4.78 is 0.848. The first-order valence-corrected chi connectivity index (χ1v) is 5.55. The van der Waals surface area contributed by atoms with Crippen molar-refractivity contribution >= 4 is 57.1 Å². The molecule has 4 nitrogen and oxygen atoms in total. The Hall–Kier alpha value is -0.380. The molecule has 0 heterocycles. The van der Waals surface area contributed by atoms with E-state index in [1.54, 1.807) is 45.2 Å². The standard InChI is InChI=1S/C8H4I2O4/c9-5-1-3(7(11)12)6(10)2-4(5)8(13)14/h1-2H,(H,11,12)(H,13,14). The van der Waals surface area contributed by atoms with Crippen molar-refractivity contribution < 1.29 is 19.8 Å². The van der Waals surface area contributed by atoms with Gasteiger partial charge >= 0.3 is 11.9 Å². The molecule has 6 heteroatoms. The number of carboxylic acids is 2. The average molecular weight is 418 g/mol. The summed E-state index contributed by atoms with van der Waals surface area (Å²) in [5, 5.41) is 17.5. The zero-order chi connectivity index (χ0) is 10.9. The third kappa shape index (κ3) is 2.35. The van der Waals surface area contributed by atoms with Crippen LogP contribution in [0.3, 0.4) is 0 Å². The highest BCUT2D eigenvalue weighted by molar-refractivity contribution is 14.1. The van der Waals surface area contributed by atoms with E-state index < -0.39 is 11.9 Å². The molecule has 0 unspecified atom stereocenters. The number of rotatable bonds is 2. The van der Waals surface area contributed by atoms with Crippen molar-refractivity contribution in [1.82, 2.24) is 0 Å². The number of carboxylic acid groups (broad SMARTS) is 2. The van der Waals surface area contributed by atoms with E-state index in [0.29, 0.717) is 7.14 Å². The lowest BCUT2D eigenvalue weighted by Gasteiger charge is -2.03. The van der Waals surface area contributed by atoms with Crippen molar-refractivity contribution in [2.45, 2.75) is 0 Å². The van der Waals surface area contributed by atoms with E-state index in [1.165, 1.54) is 12.1 Å². The fourth-order valence-electron chi connectivity index (χ4n) is 0.875. The molecule has 0 amide bonds. The summed E-state index contributed by atoms with van der Waals surface area (Å²) in [7, 11) is 0. The summed E-state index contributed by atoms with van der Waals surface area (Å²) in [5.41, 5.74) is 0.250. The van der Waals surface area contributed by atoms with Gasteiger partial charge in [-0.3, -0.25) is 0 Å². The van der Waals surface area contributed by atoms with Gasteiger partial charge in [0.1, 0.15) is 0 Å². The third-order valence-electron chi connectivity index (χ3n) is 1.52. The van der Waals surface area contributed by atoms with Crippen molar-refractivity contribution in [2.75, 3.05) is 0 Å². The SMILES string of the molecule is O=C(O)c1cc(I)c(C(=O)O)cc1I. The van der Waals surface area contributed by atoms with Crippen LogP contribution in [-0.2, 0) is 0 Å². The lowest BCUT2D eigenvalue weighted by molar-refractivity contribution is 0.0679. The van der Waals surface area contributed by atoms with Crippen LogP contribution in [-0.4, -0.2) is 22.2 Å². The molecular formula is C8H4I2O4. The first-order valence-electron chi connectivity index (χ1n) is 3.39. The Balaban J connectivity index is 3.38. The summed E-state index contributed by atoms with van der Waals surface area (Å²) in [6.07, 6.45) is 0. The van der Waals surface area contributed by atoms with Crippen LogP contribution >= 0.6 is 45.2 Å². The van der Waals surface area contributed by atoms with E-state index >= 15 is 0 Å². The molecule has 0 aromatic heterocycles. The molecule has 0 spiro atoms. The first-order chi connectivity index (χ1) is 6.43. The number of carbonyl (C=O) groups is 2. The van der Waals surface area contributed by atoms with Crippen LogP contribution in [0.4, 0.5) is 0 Å². The van der Waals surface area contributed by atoms with Crippen LogP contribution in [0.25, 0.3) is 0 Å². The van der Waals surface area contributed by atoms with E-state index in [-0.39, 0.29) is 11.1 Å². The molecule has 0 bridgehead atoms. The summed E-state index contributed by atoms with van der Waals surface area (Å²) in [6.45, 7) is 0. The second kappa shape index (κ2) is 4.43. The molecule has 1 rings (SSSR count). The lowest BCUT2D eigenvalue weighted by atomic mass is 10.1. The molecule has 0 saturated heterocycles. The molecule has 0 aliphatic heterocycles. The van der Waals surface area contributed by atoms with E-state index in [1.807, 2.05) is 0 Å². The zero-order valence-corrected chi connectivity index (χ0v) is 10.9. The van der Waals surface area contributed by atoms with Crippen LogP contribution < -0.4 is 0 Å². The van der Waals surface area contributed by atoms with E-state index in [0.717, 1.165) is 0 Å². The number of aromatic carboxylic acids is 2. The van der Waals surface area contributed by atoms with E-state index in [4.69, 9.17) is 10.2 Å². The quantitative estimate of drug-likeness (QED) is 0.724. The molecule has 0 fully saturated rings. The molecule has 0 saturated carbocycles. The van der Waals surface area contributed by atoms with Crippen LogP contribution in [0.15, 0.2) is 12.1 Å². The minimum absolute atomic E-state index is 0.125. The van der Waals surface area contributed by atoms with Crippen LogP contribution in [0, 0.1) is 7.14 Å². The molecular weight excluding hydrogens is 414 g/mol. The average Bonchev–Trinajstić information content (AvgIpc) is 2.07. The van der Waals surface area contributed by atoms with Gasteiger partial charge < -0.3 is 10.2 Å². The number of hydrogen-bond acceptors (Lipinski definition) is 2. The predicted octanol–water partition coefficient (Wildman–Crippen LogP) is 2.29. The van der Waals surface area contributed by atoms with E-state index in [2.05, 4.69) is 0 Å². The Kier molecular flexibility index (Phi) is 3.70. The Morgan fingerprint density at radius 3 is 1.43 bits per heavy atom. The second-order valence-electron chi connectivity index (χ2n) is 2.42. The summed E-state index contributed by atoms with van der Waals surface area (Å²) in [4.78, 5) is 21.4. The maximum absolute atomic E-state index is 10.7. The first kappa shape index (κ1) is 11.7. The van der Waals surface area contributed by atoms with Gasteiger partial charge in [0.2, 0.25) is 0 Å². The highest BCUT2D eigenvalue weighted by Crippen LogP contribution is 2.20. The van der Waals surface area contributed by atoms with Crippen molar-refractivity contribution in [3.05, 3.63) is 30.4 Å². The molecule has 2 N–H and O–H groups in total. The highest BCUT2D eigenvalue weighted by Gasteiger charge is 2.15. The fraction of sp³-hybridized carbons (Fsp3) is 0. The smallest absolute Gasteiger partial charge is 0.336 e. The molecule has 0 aliphatic carbocycles. The number of benzene rings is 1. The molecule has 1 aromatic carbocycles. The van der Waals surface area contributed by atoms with Crippen LogP contribution in [0.2, 0.25) is 0 Å². The summed E-state index contributed by atoms with van der Waals surface area (Å²) >= 11 is 3.61. The highest BCUT2D eigenvalue weighted by atomic mass is 127. The molecule has 1 aromatic rings. The fourth-order valence-corrected chi connectivity index (χ4v) is 2.27. The van der Waals surface area contributed by atoms with Gasteiger partial charge in [-0.2, -0.15) is 0 Å². The van der Waals surface area contributed by atoms with Crippen molar-refractivity contribution in [2.24, 2.45) is 0 Å². The van der Waals surface area contributed by atoms with Crippen molar-refractivity contribution in [1.29, 1.82) is 0 Å². The van der Waals surface area contributed by atoms with Crippen molar-refractivity contribution in [3.63, 3.8) is 0 Å². The Morgan fingerprint density at radius 2 is 1.21 bits per heavy atom. The zero-order valence-electron chi connectivity index (χ0n) is 6.62. The van der Waals surface area contributed by atoms with Gasteiger partial charge in [-0.1, -0.05) is 0 Å². The normalized spacial score (nSPS) is 9.86. The van der Waals surface area contributed by atoms with Gasteiger partial charge in [0.05, 0.1) is 11.1 Å². The minimum Gasteiger partial charge on any atom is -0.478 e. The third-order valence-corrected chi connectivity index (χ3v) is 3.30. The maximum atomic E-state index is 10.7. The van der Waals surface area contributed by atoms with Crippen molar-refractivity contribution in [3.8, 4) is 0 Å². The Bertz CT molecular complexity index is 374. The number of hydrogen-bond donors (Lipinski definition) is 2. The van der Waals surface area contributed by atoms with Crippen LogP contribution in [0.5, 0.6) is 0 Å². The molecule has 0 atom stereocenters. The van der Waals surface area contributed by atoms with Gasteiger partial charge in [0.15, 0.2) is 0 Å². The van der Waals surface area contributed by atoms with Gasteiger partial charge in [0, 0.05) is 7.14 Å². The summed E-state index contributed by atoms with van der Waals surface area (Å²) in [5.74, 6) is -2.10. The Labute approximate surface area is 107 Å². The van der Waals surface area contributed by atoms with Crippen LogP contribution in [0.1, 0.15) is 20.7 Å². The topological polar surface area (TPSA) is 74.6 Å². The molecule has 14 heavy (non-hydrogen) atoms. The van der Waals surface area contributed by atoms with Gasteiger partial charge in [0.25, 0.3) is 0 Å². The van der Waals surface area contributed by atoms with Gasteiger partial charge in [-0.25, -0.2) is 9.59 Å². The predicted molar refractivity (Wildman–Crippen MR) is 65.8 cm³/mol.